The Kier molecular flexibility index (Phi) is 3.30. The van der Waals surface area contributed by atoms with Crippen molar-refractivity contribution in [3.05, 3.63) is 31.8 Å². The van der Waals surface area contributed by atoms with Gasteiger partial charge in [-0.3, -0.25) is 0 Å². The van der Waals surface area contributed by atoms with Gasteiger partial charge >= 0.3 is 5.97 Å². The Hall–Kier alpha value is -0.440. The van der Waals surface area contributed by atoms with Gasteiger partial charge in [0.25, 0.3) is 0 Å². The molecule has 76 valence electrons. The number of aromatic carboxylic acids is 1. The molecule has 0 amide bonds. The van der Waals surface area contributed by atoms with Gasteiger partial charge in [-0.15, -0.1) is 0 Å². The van der Waals surface area contributed by atoms with E-state index < -0.39 is 5.97 Å². The van der Waals surface area contributed by atoms with Crippen molar-refractivity contribution in [1.82, 2.24) is 0 Å². The minimum Gasteiger partial charge on any atom is -0.478 e. The number of carbonyl (C=O) groups is 1. The SMILES string of the molecule is Cc1c(Cl)c(C)c(C(=O)O)c(Cl)c1Cl. The predicted molar refractivity (Wildman–Crippen MR) is 57.9 cm³/mol. The van der Waals surface area contributed by atoms with Crippen LogP contribution in [0.4, 0.5) is 0 Å². The highest BCUT2D eigenvalue weighted by Crippen LogP contribution is 2.37. The molecule has 0 aliphatic rings. The summed E-state index contributed by atoms with van der Waals surface area (Å²) in [7, 11) is 0. The van der Waals surface area contributed by atoms with Crippen molar-refractivity contribution in [3.63, 3.8) is 0 Å². The number of halogens is 3. The van der Waals surface area contributed by atoms with E-state index in [1.54, 1.807) is 13.8 Å². The van der Waals surface area contributed by atoms with E-state index in [-0.39, 0.29) is 15.6 Å². The first-order valence-electron chi connectivity index (χ1n) is 3.74. The molecule has 2 nitrogen and oxygen atoms in total. The molecule has 1 rings (SSSR count). The van der Waals surface area contributed by atoms with Crippen LogP contribution in [0, 0.1) is 13.8 Å². The van der Waals surface area contributed by atoms with Crippen LogP contribution in [0.1, 0.15) is 21.5 Å². The lowest BCUT2D eigenvalue weighted by molar-refractivity contribution is 0.0696. The molecule has 5 heteroatoms. The molecular weight excluding hydrogens is 246 g/mol. The fourth-order valence-corrected chi connectivity index (χ4v) is 1.97. The lowest BCUT2D eigenvalue weighted by Gasteiger charge is -2.11. The standard InChI is InChI=1S/C9H7Cl3O2/c1-3-5(9(13)14)8(12)7(11)4(2)6(3)10/h1-2H3,(H,13,14). The Labute approximate surface area is 96.4 Å². The summed E-state index contributed by atoms with van der Waals surface area (Å²) in [5.41, 5.74) is 0.999. The zero-order valence-electron chi connectivity index (χ0n) is 7.49. The van der Waals surface area contributed by atoms with E-state index in [0.29, 0.717) is 16.1 Å². The Balaban J connectivity index is 3.68. The first-order chi connectivity index (χ1) is 6.37. The number of hydrogen-bond acceptors (Lipinski definition) is 1. The summed E-state index contributed by atoms with van der Waals surface area (Å²) in [5, 5.41) is 9.46. The van der Waals surface area contributed by atoms with Crippen molar-refractivity contribution in [2.75, 3.05) is 0 Å². The Morgan fingerprint density at radius 1 is 1.00 bits per heavy atom. The van der Waals surface area contributed by atoms with Crippen LogP contribution in [0.2, 0.25) is 15.1 Å². The largest absolute Gasteiger partial charge is 0.478 e. The second kappa shape index (κ2) is 3.97. The zero-order chi connectivity index (χ0) is 11.0. The highest BCUT2D eigenvalue weighted by atomic mass is 35.5. The van der Waals surface area contributed by atoms with Crippen LogP contribution in [-0.2, 0) is 0 Å². The highest BCUT2D eigenvalue weighted by molar-refractivity contribution is 6.46. The summed E-state index contributed by atoms with van der Waals surface area (Å²) in [4.78, 5) is 10.9. The van der Waals surface area contributed by atoms with Crippen molar-refractivity contribution >= 4 is 40.8 Å². The van der Waals surface area contributed by atoms with Crippen LogP contribution in [0.5, 0.6) is 0 Å². The molecule has 0 bridgehead atoms. The van der Waals surface area contributed by atoms with E-state index in [2.05, 4.69) is 0 Å². The summed E-state index contributed by atoms with van der Waals surface area (Å²) in [6, 6.07) is 0. The van der Waals surface area contributed by atoms with Gasteiger partial charge in [0, 0.05) is 5.02 Å². The lowest BCUT2D eigenvalue weighted by Crippen LogP contribution is -2.03. The quantitative estimate of drug-likeness (QED) is 0.769. The number of carboxylic acid groups (broad SMARTS) is 1. The van der Waals surface area contributed by atoms with Crippen molar-refractivity contribution in [3.8, 4) is 0 Å². The minimum atomic E-state index is -1.13. The first-order valence-corrected chi connectivity index (χ1v) is 4.88. The summed E-state index contributed by atoms with van der Waals surface area (Å²) < 4.78 is 0. The fourth-order valence-electron chi connectivity index (χ4n) is 1.18. The number of carboxylic acids is 1. The normalized spacial score (nSPS) is 10.4. The second-order valence-corrected chi connectivity index (χ2v) is 4.01. The Bertz CT molecular complexity index is 384. The highest BCUT2D eigenvalue weighted by Gasteiger charge is 2.20. The van der Waals surface area contributed by atoms with Gasteiger partial charge in [-0.25, -0.2) is 4.79 Å². The van der Waals surface area contributed by atoms with Crippen molar-refractivity contribution in [2.45, 2.75) is 13.8 Å². The molecule has 0 heterocycles. The van der Waals surface area contributed by atoms with E-state index in [1.165, 1.54) is 0 Å². The van der Waals surface area contributed by atoms with Gasteiger partial charge in [0.05, 0.1) is 15.6 Å². The minimum absolute atomic E-state index is 0.0349. The van der Waals surface area contributed by atoms with Crippen LogP contribution in [0.25, 0.3) is 0 Å². The van der Waals surface area contributed by atoms with E-state index in [9.17, 15) is 4.79 Å². The van der Waals surface area contributed by atoms with Gasteiger partial charge in [0.15, 0.2) is 0 Å². The first kappa shape index (κ1) is 11.6. The van der Waals surface area contributed by atoms with Gasteiger partial charge < -0.3 is 5.11 Å². The average Bonchev–Trinajstić information content (AvgIpc) is 2.11. The molecule has 0 aromatic heterocycles. The molecule has 0 unspecified atom stereocenters. The molecule has 0 atom stereocenters. The molecule has 0 fully saturated rings. The maximum absolute atomic E-state index is 10.9. The average molecular weight is 254 g/mol. The van der Waals surface area contributed by atoms with Crippen LogP contribution >= 0.6 is 34.8 Å². The van der Waals surface area contributed by atoms with Crippen molar-refractivity contribution < 1.29 is 9.90 Å². The summed E-state index contributed by atoms with van der Waals surface area (Å²) in [6.07, 6.45) is 0. The van der Waals surface area contributed by atoms with Crippen LogP contribution in [-0.4, -0.2) is 11.1 Å². The zero-order valence-corrected chi connectivity index (χ0v) is 9.76. The van der Waals surface area contributed by atoms with Gasteiger partial charge in [0.2, 0.25) is 0 Å². The molecule has 0 saturated heterocycles. The predicted octanol–water partition coefficient (Wildman–Crippen LogP) is 3.96. The van der Waals surface area contributed by atoms with Crippen LogP contribution in [0.15, 0.2) is 0 Å². The van der Waals surface area contributed by atoms with Gasteiger partial charge in [-0.05, 0) is 25.0 Å². The maximum atomic E-state index is 10.9. The molecule has 0 saturated carbocycles. The summed E-state index contributed by atoms with van der Waals surface area (Å²) in [5.74, 6) is -1.13. The van der Waals surface area contributed by atoms with E-state index >= 15 is 0 Å². The van der Waals surface area contributed by atoms with Crippen molar-refractivity contribution in [1.29, 1.82) is 0 Å². The van der Waals surface area contributed by atoms with Gasteiger partial charge in [-0.2, -0.15) is 0 Å². The maximum Gasteiger partial charge on any atom is 0.337 e. The summed E-state index contributed by atoms with van der Waals surface area (Å²) in [6.45, 7) is 3.29. The third-order valence-electron chi connectivity index (χ3n) is 1.99. The molecule has 0 aliphatic carbocycles. The smallest absolute Gasteiger partial charge is 0.337 e. The molecule has 0 spiro atoms. The Morgan fingerprint density at radius 3 is 1.93 bits per heavy atom. The van der Waals surface area contributed by atoms with Gasteiger partial charge in [0.1, 0.15) is 0 Å². The lowest BCUT2D eigenvalue weighted by atomic mass is 10.1. The molecular formula is C9H7Cl3O2. The third kappa shape index (κ3) is 1.70. The number of hydrogen-bond donors (Lipinski definition) is 1. The monoisotopic (exact) mass is 252 g/mol. The third-order valence-corrected chi connectivity index (χ3v) is 3.50. The molecule has 1 N–H and O–H groups in total. The Morgan fingerprint density at radius 2 is 1.50 bits per heavy atom. The van der Waals surface area contributed by atoms with E-state index in [4.69, 9.17) is 39.9 Å². The van der Waals surface area contributed by atoms with E-state index in [1.807, 2.05) is 0 Å². The number of rotatable bonds is 1. The fraction of sp³-hybridized carbons (Fsp3) is 0.222. The topological polar surface area (TPSA) is 37.3 Å². The molecule has 1 aromatic rings. The summed E-state index contributed by atoms with van der Waals surface area (Å²) >= 11 is 17.5. The second-order valence-electron chi connectivity index (χ2n) is 2.87. The van der Waals surface area contributed by atoms with Gasteiger partial charge in [-0.1, -0.05) is 34.8 Å². The molecule has 0 aliphatic heterocycles. The molecule has 14 heavy (non-hydrogen) atoms. The molecule has 0 radical (unpaired) electrons. The molecule has 1 aromatic carbocycles. The number of benzene rings is 1. The van der Waals surface area contributed by atoms with Crippen LogP contribution in [0.3, 0.4) is 0 Å². The van der Waals surface area contributed by atoms with Crippen LogP contribution < -0.4 is 0 Å². The van der Waals surface area contributed by atoms with Crippen molar-refractivity contribution in [2.24, 2.45) is 0 Å². The van der Waals surface area contributed by atoms with E-state index in [0.717, 1.165) is 0 Å².